The SMILES string of the molecule is C[C@@H]1CN([C@@H](C)CO)C(=O)c2cc(Br)cnc2O[C@H]1CN(C)C(=O)c1ccccc1F. The van der Waals surface area contributed by atoms with Crippen LogP contribution in [-0.2, 0) is 0 Å². The summed E-state index contributed by atoms with van der Waals surface area (Å²) >= 11 is 3.33. The number of aromatic nitrogens is 1. The van der Waals surface area contributed by atoms with Crippen molar-refractivity contribution in [3.8, 4) is 5.88 Å². The summed E-state index contributed by atoms with van der Waals surface area (Å²) in [7, 11) is 1.58. The van der Waals surface area contributed by atoms with E-state index in [2.05, 4.69) is 20.9 Å². The van der Waals surface area contributed by atoms with Gasteiger partial charge in [-0.25, -0.2) is 9.37 Å². The predicted octanol–water partition coefficient (Wildman–Crippen LogP) is 2.98. The molecule has 0 aliphatic carbocycles. The van der Waals surface area contributed by atoms with Crippen LogP contribution in [0.2, 0.25) is 0 Å². The summed E-state index contributed by atoms with van der Waals surface area (Å²) in [6.45, 7) is 3.97. The number of halogens is 2. The zero-order valence-electron chi connectivity index (χ0n) is 17.6. The van der Waals surface area contributed by atoms with Gasteiger partial charge in [-0.1, -0.05) is 19.1 Å². The Morgan fingerprint density at radius 3 is 2.84 bits per heavy atom. The van der Waals surface area contributed by atoms with Crippen LogP contribution in [0.5, 0.6) is 5.88 Å². The Balaban J connectivity index is 1.91. The number of carbonyl (C=O) groups is 2. The lowest BCUT2D eigenvalue weighted by Crippen LogP contribution is -2.50. The van der Waals surface area contributed by atoms with Crippen LogP contribution in [0.25, 0.3) is 0 Å². The first-order chi connectivity index (χ1) is 14.7. The lowest BCUT2D eigenvalue weighted by molar-refractivity contribution is 0.0312. The van der Waals surface area contributed by atoms with Gasteiger partial charge < -0.3 is 19.6 Å². The summed E-state index contributed by atoms with van der Waals surface area (Å²) in [5.74, 6) is -1.36. The van der Waals surface area contributed by atoms with Gasteiger partial charge in [-0.3, -0.25) is 9.59 Å². The monoisotopic (exact) mass is 493 g/mol. The average Bonchev–Trinajstić information content (AvgIpc) is 2.76. The standard InChI is InChI=1S/C22H25BrFN3O4/c1-13-10-27(14(2)12-28)22(30)17-8-15(23)9-25-20(17)31-19(13)11-26(3)21(29)16-6-4-5-7-18(16)24/h4-9,13-14,19,28H,10-12H2,1-3H3/t13-,14+,19+/m1/s1. The Morgan fingerprint density at radius 2 is 2.16 bits per heavy atom. The van der Waals surface area contributed by atoms with E-state index in [0.717, 1.165) is 0 Å². The Labute approximate surface area is 189 Å². The zero-order valence-corrected chi connectivity index (χ0v) is 19.2. The minimum Gasteiger partial charge on any atom is -0.472 e. The first-order valence-electron chi connectivity index (χ1n) is 9.97. The van der Waals surface area contributed by atoms with Crippen LogP contribution < -0.4 is 4.74 Å². The molecule has 166 valence electrons. The highest BCUT2D eigenvalue weighted by Gasteiger charge is 2.34. The molecule has 0 unspecified atom stereocenters. The van der Waals surface area contributed by atoms with E-state index in [-0.39, 0.29) is 42.0 Å². The van der Waals surface area contributed by atoms with Gasteiger partial charge in [0.2, 0.25) is 5.88 Å². The van der Waals surface area contributed by atoms with Crippen molar-refractivity contribution in [1.82, 2.24) is 14.8 Å². The van der Waals surface area contributed by atoms with Gasteiger partial charge in [0, 0.05) is 30.2 Å². The van der Waals surface area contributed by atoms with Crippen LogP contribution in [0.3, 0.4) is 0 Å². The van der Waals surface area contributed by atoms with Crippen molar-refractivity contribution in [2.75, 3.05) is 26.7 Å². The molecule has 0 radical (unpaired) electrons. The average molecular weight is 494 g/mol. The summed E-state index contributed by atoms with van der Waals surface area (Å²) in [5.41, 5.74) is 0.256. The van der Waals surface area contributed by atoms with Crippen molar-refractivity contribution in [2.45, 2.75) is 26.0 Å². The van der Waals surface area contributed by atoms with Crippen molar-refractivity contribution < 1.29 is 23.8 Å². The fourth-order valence-electron chi connectivity index (χ4n) is 3.49. The van der Waals surface area contributed by atoms with E-state index < -0.39 is 23.9 Å². The Morgan fingerprint density at radius 1 is 1.45 bits per heavy atom. The Bertz CT molecular complexity index is 974. The normalized spacial score (nSPS) is 19.7. The number of hydrogen-bond acceptors (Lipinski definition) is 5. The molecule has 2 amide bonds. The van der Waals surface area contributed by atoms with Gasteiger partial charge in [0.25, 0.3) is 11.8 Å². The molecule has 31 heavy (non-hydrogen) atoms. The molecule has 0 saturated carbocycles. The number of likely N-dealkylation sites (N-methyl/N-ethyl adjacent to an activating group) is 1. The lowest BCUT2D eigenvalue weighted by Gasteiger charge is -2.37. The van der Waals surface area contributed by atoms with E-state index in [1.54, 1.807) is 31.0 Å². The van der Waals surface area contributed by atoms with Crippen molar-refractivity contribution >= 4 is 27.7 Å². The van der Waals surface area contributed by atoms with Crippen LogP contribution in [0.15, 0.2) is 41.0 Å². The second kappa shape index (κ2) is 9.74. The van der Waals surface area contributed by atoms with Crippen LogP contribution in [0.4, 0.5) is 4.39 Å². The summed E-state index contributed by atoms with van der Waals surface area (Å²) < 4.78 is 20.8. The molecule has 1 N–H and O–H groups in total. The molecule has 0 saturated heterocycles. The highest BCUT2D eigenvalue weighted by atomic mass is 79.9. The Kier molecular flexibility index (Phi) is 7.27. The molecule has 7 nitrogen and oxygen atoms in total. The van der Waals surface area contributed by atoms with Crippen molar-refractivity contribution in [3.05, 3.63) is 57.9 Å². The number of rotatable bonds is 5. The predicted molar refractivity (Wildman–Crippen MR) is 116 cm³/mol. The minimum atomic E-state index is -0.587. The molecule has 1 aliphatic rings. The van der Waals surface area contributed by atoms with Crippen LogP contribution in [0.1, 0.15) is 34.6 Å². The number of amides is 2. The molecule has 0 fully saturated rings. The molecular formula is C22H25BrFN3O4. The fourth-order valence-corrected chi connectivity index (χ4v) is 3.82. The number of aliphatic hydroxyl groups is 1. The van der Waals surface area contributed by atoms with Gasteiger partial charge in [0.1, 0.15) is 17.5 Å². The number of fused-ring (bicyclic) bond motifs is 1. The lowest BCUT2D eigenvalue weighted by atomic mass is 10.00. The highest BCUT2D eigenvalue weighted by molar-refractivity contribution is 9.10. The summed E-state index contributed by atoms with van der Waals surface area (Å²) in [4.78, 5) is 33.1. The molecule has 1 aromatic carbocycles. The molecule has 0 spiro atoms. The maximum atomic E-state index is 14.1. The van der Waals surface area contributed by atoms with Gasteiger partial charge >= 0.3 is 0 Å². The first kappa shape index (κ1) is 23.1. The largest absolute Gasteiger partial charge is 0.472 e. The van der Waals surface area contributed by atoms with Crippen LogP contribution in [-0.4, -0.2) is 70.6 Å². The minimum absolute atomic E-state index is 0.0170. The number of pyridine rings is 1. The van der Waals surface area contributed by atoms with Crippen molar-refractivity contribution in [1.29, 1.82) is 0 Å². The number of benzene rings is 1. The third-order valence-electron chi connectivity index (χ3n) is 5.39. The summed E-state index contributed by atoms with van der Waals surface area (Å²) in [6, 6.07) is 7.04. The topological polar surface area (TPSA) is 83.0 Å². The maximum Gasteiger partial charge on any atom is 0.259 e. The van der Waals surface area contributed by atoms with Gasteiger partial charge in [-0.15, -0.1) is 0 Å². The van der Waals surface area contributed by atoms with E-state index in [0.29, 0.717) is 11.0 Å². The van der Waals surface area contributed by atoms with E-state index in [9.17, 15) is 19.1 Å². The zero-order chi connectivity index (χ0) is 22.7. The summed E-state index contributed by atoms with van der Waals surface area (Å²) in [6.07, 6.45) is 1.03. The number of hydrogen-bond donors (Lipinski definition) is 1. The molecule has 3 atom stereocenters. The maximum absolute atomic E-state index is 14.1. The number of aliphatic hydroxyl groups excluding tert-OH is 1. The second-order valence-electron chi connectivity index (χ2n) is 7.79. The molecular weight excluding hydrogens is 469 g/mol. The van der Waals surface area contributed by atoms with Crippen molar-refractivity contribution in [2.24, 2.45) is 5.92 Å². The number of ether oxygens (including phenoxy) is 1. The van der Waals surface area contributed by atoms with Gasteiger partial charge in [-0.05, 0) is 41.1 Å². The molecule has 9 heteroatoms. The first-order valence-corrected chi connectivity index (χ1v) is 10.8. The molecule has 3 rings (SSSR count). The van der Waals surface area contributed by atoms with Gasteiger partial charge in [-0.2, -0.15) is 0 Å². The quantitative estimate of drug-likeness (QED) is 0.692. The molecule has 1 aliphatic heterocycles. The van der Waals surface area contributed by atoms with Crippen LogP contribution >= 0.6 is 15.9 Å². The third kappa shape index (κ3) is 5.04. The van der Waals surface area contributed by atoms with Gasteiger partial charge in [0.05, 0.1) is 24.8 Å². The fraction of sp³-hybridized carbons (Fsp3) is 0.409. The van der Waals surface area contributed by atoms with E-state index in [1.807, 2.05) is 6.92 Å². The number of nitrogens with zero attached hydrogens (tertiary/aromatic N) is 3. The van der Waals surface area contributed by atoms with E-state index in [4.69, 9.17) is 4.74 Å². The molecule has 2 aromatic rings. The second-order valence-corrected chi connectivity index (χ2v) is 8.71. The van der Waals surface area contributed by atoms with E-state index >= 15 is 0 Å². The Hall–Kier alpha value is -2.52. The van der Waals surface area contributed by atoms with E-state index in [1.165, 1.54) is 29.3 Å². The summed E-state index contributed by atoms with van der Waals surface area (Å²) in [5, 5.41) is 9.65. The van der Waals surface area contributed by atoms with Crippen molar-refractivity contribution in [3.63, 3.8) is 0 Å². The highest BCUT2D eigenvalue weighted by Crippen LogP contribution is 2.28. The molecule has 2 heterocycles. The molecule has 0 bridgehead atoms. The smallest absolute Gasteiger partial charge is 0.259 e. The van der Waals surface area contributed by atoms with Gasteiger partial charge in [0.15, 0.2) is 0 Å². The number of carbonyl (C=O) groups excluding carboxylic acids is 2. The third-order valence-corrected chi connectivity index (χ3v) is 5.83. The van der Waals surface area contributed by atoms with Crippen LogP contribution in [0, 0.1) is 11.7 Å². The molecule has 1 aromatic heterocycles.